The Hall–Kier alpha value is -2.05. The van der Waals surface area contributed by atoms with Crippen molar-refractivity contribution in [2.24, 2.45) is 5.84 Å². The Morgan fingerprint density at radius 1 is 1.53 bits per heavy atom. The number of furan rings is 1. The number of aromatic nitrogens is 1. The quantitative estimate of drug-likeness (QED) is 0.453. The molecule has 100 valence electrons. The Kier molecular flexibility index (Phi) is 4.03. The Bertz CT molecular complexity index is 571. The lowest BCUT2D eigenvalue weighted by Crippen LogP contribution is -2.26. The van der Waals surface area contributed by atoms with E-state index >= 15 is 0 Å². The van der Waals surface area contributed by atoms with Crippen LogP contribution in [0.15, 0.2) is 34.9 Å². The van der Waals surface area contributed by atoms with Gasteiger partial charge in [-0.25, -0.2) is 10.8 Å². The van der Waals surface area contributed by atoms with Gasteiger partial charge in [-0.1, -0.05) is 11.6 Å². The van der Waals surface area contributed by atoms with Crippen LogP contribution in [0.1, 0.15) is 29.1 Å². The standard InChI is InChI=1S/C12H13ClN4O2/c1-7(9-3-2-4-19-9)15-12(18)8-5-10(13)16-11(6-8)17-14/h2-7H,14H2,1H3,(H,15,18)(H,16,17). The number of nitrogen functional groups attached to an aromatic ring is 1. The van der Waals surface area contributed by atoms with Gasteiger partial charge in [0.2, 0.25) is 0 Å². The summed E-state index contributed by atoms with van der Waals surface area (Å²) in [6.45, 7) is 1.82. The molecule has 0 fully saturated rings. The van der Waals surface area contributed by atoms with Crippen molar-refractivity contribution < 1.29 is 9.21 Å². The molecule has 4 N–H and O–H groups in total. The summed E-state index contributed by atoms with van der Waals surface area (Å²) in [7, 11) is 0. The van der Waals surface area contributed by atoms with E-state index < -0.39 is 0 Å². The molecule has 1 unspecified atom stereocenters. The fourth-order valence-corrected chi connectivity index (χ4v) is 1.80. The molecule has 0 aliphatic carbocycles. The minimum absolute atomic E-state index is 0.186. The molecule has 6 nitrogen and oxygen atoms in total. The lowest BCUT2D eigenvalue weighted by Gasteiger charge is -2.12. The number of carbonyl (C=O) groups is 1. The minimum Gasteiger partial charge on any atom is -0.467 e. The highest BCUT2D eigenvalue weighted by atomic mass is 35.5. The monoisotopic (exact) mass is 280 g/mol. The second kappa shape index (κ2) is 5.73. The molecular formula is C12H13ClN4O2. The number of rotatable bonds is 4. The van der Waals surface area contributed by atoms with E-state index in [1.165, 1.54) is 12.1 Å². The zero-order chi connectivity index (χ0) is 13.8. The molecule has 2 aromatic heterocycles. The normalized spacial score (nSPS) is 11.9. The molecule has 7 heteroatoms. The van der Waals surface area contributed by atoms with Gasteiger partial charge in [-0.05, 0) is 31.2 Å². The summed E-state index contributed by atoms with van der Waals surface area (Å²) in [6, 6.07) is 6.28. The first-order valence-corrected chi connectivity index (χ1v) is 5.96. The highest BCUT2D eigenvalue weighted by Crippen LogP contribution is 2.16. The van der Waals surface area contributed by atoms with Gasteiger partial charge in [0, 0.05) is 5.56 Å². The Labute approximate surface area is 114 Å². The van der Waals surface area contributed by atoms with E-state index in [1.54, 1.807) is 18.4 Å². The molecule has 0 spiro atoms. The average Bonchev–Trinajstić information content (AvgIpc) is 2.91. The molecule has 0 saturated heterocycles. The maximum atomic E-state index is 12.1. The summed E-state index contributed by atoms with van der Waals surface area (Å²) in [5, 5.41) is 2.98. The van der Waals surface area contributed by atoms with Crippen LogP contribution in [0.5, 0.6) is 0 Å². The third-order valence-electron chi connectivity index (χ3n) is 2.52. The van der Waals surface area contributed by atoms with Crippen LogP contribution in [0, 0.1) is 0 Å². The van der Waals surface area contributed by atoms with E-state index in [9.17, 15) is 4.79 Å². The molecule has 2 rings (SSSR count). The summed E-state index contributed by atoms with van der Waals surface area (Å²) in [4.78, 5) is 16.0. The van der Waals surface area contributed by atoms with Gasteiger partial charge in [-0.15, -0.1) is 0 Å². The lowest BCUT2D eigenvalue weighted by atomic mass is 10.2. The zero-order valence-electron chi connectivity index (χ0n) is 10.2. The molecule has 1 atom stereocenters. The number of hydrazine groups is 1. The molecule has 2 heterocycles. The van der Waals surface area contributed by atoms with E-state index in [0.717, 1.165) is 0 Å². The largest absolute Gasteiger partial charge is 0.467 e. The van der Waals surface area contributed by atoms with Gasteiger partial charge in [0.05, 0.1) is 12.3 Å². The van der Waals surface area contributed by atoms with Crippen LogP contribution < -0.4 is 16.6 Å². The predicted octanol–water partition coefficient (Wildman–Crippen LogP) is 2.10. The van der Waals surface area contributed by atoms with Gasteiger partial charge in [0.1, 0.15) is 16.7 Å². The first kappa shape index (κ1) is 13.4. The first-order valence-electron chi connectivity index (χ1n) is 5.58. The topological polar surface area (TPSA) is 93.2 Å². The van der Waals surface area contributed by atoms with Crippen molar-refractivity contribution in [3.8, 4) is 0 Å². The van der Waals surface area contributed by atoms with Gasteiger partial charge >= 0.3 is 0 Å². The molecule has 0 radical (unpaired) electrons. The van der Waals surface area contributed by atoms with E-state index in [1.807, 2.05) is 6.92 Å². The summed E-state index contributed by atoms with van der Waals surface area (Å²) in [5.74, 6) is 5.96. The van der Waals surface area contributed by atoms with Crippen LogP contribution in [-0.4, -0.2) is 10.9 Å². The third-order valence-corrected chi connectivity index (χ3v) is 2.72. The molecule has 0 bridgehead atoms. The number of halogens is 1. The van der Waals surface area contributed by atoms with Crippen LogP contribution >= 0.6 is 11.6 Å². The number of hydrogen-bond donors (Lipinski definition) is 3. The molecule has 0 saturated carbocycles. The van der Waals surface area contributed by atoms with E-state index in [0.29, 0.717) is 17.1 Å². The van der Waals surface area contributed by atoms with Crippen LogP contribution in [0.4, 0.5) is 5.82 Å². The van der Waals surface area contributed by atoms with Crippen molar-refractivity contribution in [2.45, 2.75) is 13.0 Å². The second-order valence-corrected chi connectivity index (χ2v) is 4.31. The number of hydrogen-bond acceptors (Lipinski definition) is 5. The van der Waals surface area contributed by atoms with Crippen LogP contribution in [0.25, 0.3) is 0 Å². The lowest BCUT2D eigenvalue weighted by molar-refractivity contribution is 0.0935. The van der Waals surface area contributed by atoms with Crippen LogP contribution in [-0.2, 0) is 0 Å². The minimum atomic E-state index is -0.287. The molecule has 19 heavy (non-hydrogen) atoms. The highest BCUT2D eigenvalue weighted by Gasteiger charge is 2.14. The molecule has 0 aliphatic heterocycles. The SMILES string of the molecule is CC(NC(=O)c1cc(Cl)nc(NN)c1)c1ccco1. The van der Waals surface area contributed by atoms with Crippen molar-refractivity contribution in [2.75, 3.05) is 5.43 Å². The van der Waals surface area contributed by atoms with Gasteiger partial charge in [-0.2, -0.15) is 0 Å². The number of pyridine rings is 1. The fourth-order valence-electron chi connectivity index (χ4n) is 1.59. The summed E-state index contributed by atoms with van der Waals surface area (Å²) >= 11 is 5.80. The fraction of sp³-hybridized carbons (Fsp3) is 0.167. The van der Waals surface area contributed by atoms with Gasteiger partial charge in [-0.3, -0.25) is 4.79 Å². The van der Waals surface area contributed by atoms with E-state index in [2.05, 4.69) is 15.7 Å². The summed E-state index contributed by atoms with van der Waals surface area (Å²) in [5.41, 5.74) is 2.72. The van der Waals surface area contributed by atoms with Crippen molar-refractivity contribution in [3.05, 3.63) is 47.0 Å². The van der Waals surface area contributed by atoms with Crippen LogP contribution in [0.2, 0.25) is 5.15 Å². The van der Waals surface area contributed by atoms with Crippen molar-refractivity contribution in [3.63, 3.8) is 0 Å². The summed E-state index contributed by atoms with van der Waals surface area (Å²) in [6.07, 6.45) is 1.55. The van der Waals surface area contributed by atoms with Crippen molar-refractivity contribution >= 4 is 23.3 Å². The zero-order valence-corrected chi connectivity index (χ0v) is 10.9. The maximum Gasteiger partial charge on any atom is 0.252 e. The van der Waals surface area contributed by atoms with E-state index in [-0.39, 0.29) is 17.1 Å². The predicted molar refractivity (Wildman–Crippen MR) is 71.6 cm³/mol. The van der Waals surface area contributed by atoms with Crippen molar-refractivity contribution in [1.82, 2.24) is 10.3 Å². The number of carbonyl (C=O) groups excluding carboxylic acids is 1. The molecule has 2 aromatic rings. The number of nitrogens with two attached hydrogens (primary N) is 1. The number of nitrogens with one attached hydrogen (secondary N) is 2. The summed E-state index contributed by atoms with van der Waals surface area (Å²) < 4.78 is 5.22. The molecule has 1 amide bonds. The smallest absolute Gasteiger partial charge is 0.252 e. The van der Waals surface area contributed by atoms with E-state index in [4.69, 9.17) is 21.9 Å². The maximum absolute atomic E-state index is 12.1. The van der Waals surface area contributed by atoms with Gasteiger partial charge < -0.3 is 15.2 Å². The number of anilines is 1. The van der Waals surface area contributed by atoms with Gasteiger partial charge in [0.25, 0.3) is 5.91 Å². The van der Waals surface area contributed by atoms with Crippen molar-refractivity contribution in [1.29, 1.82) is 0 Å². The number of nitrogens with zero attached hydrogens (tertiary/aromatic N) is 1. The molecular weight excluding hydrogens is 268 g/mol. The van der Waals surface area contributed by atoms with Crippen LogP contribution in [0.3, 0.4) is 0 Å². The number of amides is 1. The van der Waals surface area contributed by atoms with Gasteiger partial charge in [0.15, 0.2) is 0 Å². The Morgan fingerprint density at radius 3 is 2.95 bits per heavy atom. The Morgan fingerprint density at radius 2 is 2.32 bits per heavy atom. The first-order chi connectivity index (χ1) is 9.10. The molecule has 0 aliphatic rings. The Balaban J connectivity index is 2.13. The highest BCUT2D eigenvalue weighted by molar-refractivity contribution is 6.29. The average molecular weight is 281 g/mol. The third kappa shape index (κ3) is 3.24. The molecule has 0 aromatic carbocycles. The second-order valence-electron chi connectivity index (χ2n) is 3.92.